The van der Waals surface area contributed by atoms with Gasteiger partial charge in [-0.1, -0.05) is 81.6 Å². The molecule has 0 amide bonds. The molecule has 0 spiro atoms. The van der Waals surface area contributed by atoms with Gasteiger partial charge in [0.2, 0.25) is 0 Å². The largest absolute Gasteiger partial charge is 0.339 e. The second-order valence-electron chi connectivity index (χ2n) is 5.50. The lowest BCUT2D eigenvalue weighted by Crippen LogP contribution is -1.93. The summed E-state index contributed by atoms with van der Waals surface area (Å²) in [6.07, 6.45) is 1.72. The Bertz CT molecular complexity index is 938. The number of alkyl halides is 2. The van der Waals surface area contributed by atoms with E-state index in [0.717, 1.165) is 20.1 Å². The van der Waals surface area contributed by atoms with Crippen molar-refractivity contribution in [3.05, 3.63) is 70.8 Å². The zero-order valence-electron chi connectivity index (χ0n) is 13.7. The summed E-state index contributed by atoms with van der Waals surface area (Å²) in [5.74, 6) is 0.916. The van der Waals surface area contributed by atoms with Gasteiger partial charge in [0, 0.05) is 20.8 Å². The molecule has 2 aromatic carbocycles. The summed E-state index contributed by atoms with van der Waals surface area (Å²) < 4.78 is 1.93. The van der Waals surface area contributed by atoms with E-state index in [1.165, 1.54) is 11.1 Å². The van der Waals surface area contributed by atoms with Gasteiger partial charge in [-0.05, 0) is 28.8 Å². The molecule has 0 atom stereocenters. The van der Waals surface area contributed by atoms with Gasteiger partial charge in [-0.15, -0.1) is 0 Å². The fourth-order valence-electron chi connectivity index (χ4n) is 2.27. The summed E-state index contributed by atoms with van der Waals surface area (Å²) in [6.45, 7) is 0. The summed E-state index contributed by atoms with van der Waals surface area (Å²) in [5.41, 5.74) is 4.77. The minimum Gasteiger partial charge on any atom is -0.339 e. The second kappa shape index (κ2) is 9.14. The maximum Gasteiger partial charge on any atom is 0.193 e. The molecule has 26 heavy (non-hydrogen) atoms. The van der Waals surface area contributed by atoms with Crippen molar-refractivity contribution < 1.29 is 0 Å². The van der Waals surface area contributed by atoms with Crippen LogP contribution in [0.15, 0.2) is 53.5 Å². The lowest BCUT2D eigenvalue weighted by Gasteiger charge is -2.04. The summed E-state index contributed by atoms with van der Waals surface area (Å²) >= 11 is 4.65. The molecular formula is C19H15I2N5. The molecule has 7 heteroatoms. The smallest absolute Gasteiger partial charge is 0.193 e. The summed E-state index contributed by atoms with van der Waals surface area (Å²) in [6, 6.07) is 18.4. The average Bonchev–Trinajstić information content (AvgIpc) is 3.08. The highest BCUT2D eigenvalue weighted by atomic mass is 127. The Labute approximate surface area is 179 Å². The van der Waals surface area contributed by atoms with E-state index in [9.17, 15) is 5.26 Å². The normalized spacial score (nSPS) is 10.8. The molecule has 0 fully saturated rings. The lowest BCUT2D eigenvalue weighted by molar-refractivity contribution is 1.09. The third-order valence-corrected chi connectivity index (χ3v) is 5.47. The van der Waals surface area contributed by atoms with Crippen molar-refractivity contribution in [2.24, 2.45) is 4.99 Å². The number of aliphatic imine (C=N–C) groups is 1. The molecule has 1 aromatic heterocycles. The molecule has 0 aliphatic carbocycles. The molecule has 0 saturated heterocycles. The van der Waals surface area contributed by atoms with Crippen LogP contribution in [0.5, 0.6) is 0 Å². The Hall–Kier alpha value is -1.93. The van der Waals surface area contributed by atoms with Crippen molar-refractivity contribution in [1.82, 2.24) is 10.2 Å². The molecule has 0 aliphatic rings. The number of nitrogens with one attached hydrogen (secondary N) is 2. The molecule has 2 N–H and O–H groups in total. The van der Waals surface area contributed by atoms with E-state index in [1.807, 2.05) is 24.3 Å². The number of nitriles is 1. The number of H-pyrrole nitrogens is 1. The van der Waals surface area contributed by atoms with Crippen LogP contribution in [0.2, 0.25) is 0 Å². The minimum atomic E-state index is 0.372. The molecular weight excluding hydrogens is 552 g/mol. The van der Waals surface area contributed by atoms with Gasteiger partial charge < -0.3 is 5.32 Å². The molecule has 1 heterocycles. The van der Waals surface area contributed by atoms with Gasteiger partial charge in [-0.25, -0.2) is 4.99 Å². The first-order valence-corrected chi connectivity index (χ1v) is 10.9. The van der Waals surface area contributed by atoms with Crippen molar-refractivity contribution in [2.45, 2.75) is 8.86 Å². The van der Waals surface area contributed by atoms with Gasteiger partial charge in [0.1, 0.15) is 17.5 Å². The molecule has 0 radical (unpaired) electrons. The van der Waals surface area contributed by atoms with Crippen molar-refractivity contribution >= 4 is 68.7 Å². The van der Waals surface area contributed by atoms with Crippen molar-refractivity contribution in [2.75, 3.05) is 5.32 Å². The third-order valence-electron chi connectivity index (χ3n) is 3.71. The maximum absolute atomic E-state index is 9.49. The Morgan fingerprint density at radius 2 is 1.65 bits per heavy atom. The number of nitrogens with zero attached hydrogens (tertiary/aromatic N) is 3. The highest BCUT2D eigenvalue weighted by molar-refractivity contribution is 14.1. The number of rotatable bonds is 6. The zero-order valence-corrected chi connectivity index (χ0v) is 18.0. The fraction of sp³-hybridized carbons (Fsp3) is 0.105. The standard InChI is InChI=1S/C19H15I2N5/c20-9-13-1-3-15(4-2-13)12-23-18-17(11-22)19(26-25-18)24-16-7-5-14(10-21)6-8-16/h1-8,12H,9-10H2,(H2,24,25,26). The Morgan fingerprint density at radius 3 is 2.23 bits per heavy atom. The van der Waals surface area contributed by atoms with Crippen molar-refractivity contribution in [1.29, 1.82) is 5.26 Å². The van der Waals surface area contributed by atoms with E-state index in [1.54, 1.807) is 6.21 Å². The number of hydrogen-bond donors (Lipinski definition) is 2. The van der Waals surface area contributed by atoms with Gasteiger partial charge >= 0.3 is 0 Å². The van der Waals surface area contributed by atoms with Gasteiger partial charge in [0.15, 0.2) is 5.82 Å². The molecule has 0 unspecified atom stereocenters. The van der Waals surface area contributed by atoms with Crippen LogP contribution in [0.25, 0.3) is 0 Å². The van der Waals surface area contributed by atoms with Crippen LogP contribution in [0.4, 0.5) is 17.3 Å². The average molecular weight is 567 g/mol. The molecule has 3 aromatic rings. The number of halogens is 2. The maximum atomic E-state index is 9.49. The predicted octanol–water partition coefficient (Wildman–Crippen LogP) is 5.65. The zero-order chi connectivity index (χ0) is 18.4. The van der Waals surface area contributed by atoms with E-state index in [4.69, 9.17) is 0 Å². The second-order valence-corrected chi connectivity index (χ2v) is 7.02. The molecule has 3 rings (SSSR count). The van der Waals surface area contributed by atoms with Crippen LogP contribution >= 0.6 is 45.2 Å². The number of aromatic amines is 1. The van der Waals surface area contributed by atoms with E-state index < -0.39 is 0 Å². The van der Waals surface area contributed by atoms with Crippen LogP contribution in [0.1, 0.15) is 22.3 Å². The first-order chi connectivity index (χ1) is 12.7. The van der Waals surface area contributed by atoms with Crippen molar-refractivity contribution in [3.63, 3.8) is 0 Å². The lowest BCUT2D eigenvalue weighted by atomic mass is 10.2. The van der Waals surface area contributed by atoms with Crippen LogP contribution in [0.3, 0.4) is 0 Å². The highest BCUT2D eigenvalue weighted by Crippen LogP contribution is 2.26. The highest BCUT2D eigenvalue weighted by Gasteiger charge is 2.12. The summed E-state index contributed by atoms with van der Waals surface area (Å²) in [7, 11) is 0. The number of anilines is 2. The SMILES string of the molecule is N#Cc1c(N=Cc2ccc(CI)cc2)n[nH]c1Nc1ccc(CI)cc1. The number of benzene rings is 2. The first kappa shape index (κ1) is 18.8. The van der Waals surface area contributed by atoms with Gasteiger partial charge in [0.05, 0.1) is 0 Å². The first-order valence-electron chi connectivity index (χ1n) is 7.83. The predicted molar refractivity (Wildman–Crippen MR) is 122 cm³/mol. The van der Waals surface area contributed by atoms with Gasteiger partial charge in [-0.2, -0.15) is 10.4 Å². The van der Waals surface area contributed by atoms with Gasteiger partial charge in [-0.3, -0.25) is 5.10 Å². The Kier molecular flexibility index (Phi) is 6.62. The van der Waals surface area contributed by atoms with E-state index in [2.05, 4.69) is 96.0 Å². The quantitative estimate of drug-likeness (QED) is 0.230. The van der Waals surface area contributed by atoms with Crippen molar-refractivity contribution in [3.8, 4) is 6.07 Å². The molecule has 5 nitrogen and oxygen atoms in total. The molecule has 0 bridgehead atoms. The monoisotopic (exact) mass is 567 g/mol. The topological polar surface area (TPSA) is 76.9 Å². The molecule has 130 valence electrons. The van der Waals surface area contributed by atoms with Crippen LogP contribution < -0.4 is 5.32 Å². The van der Waals surface area contributed by atoms with Gasteiger partial charge in [0.25, 0.3) is 0 Å². The Morgan fingerprint density at radius 1 is 1.04 bits per heavy atom. The summed E-state index contributed by atoms with van der Waals surface area (Å²) in [5, 5.41) is 19.7. The van der Waals surface area contributed by atoms with Crippen LogP contribution in [-0.2, 0) is 8.86 Å². The fourth-order valence-corrected chi connectivity index (χ4v) is 3.29. The van der Waals surface area contributed by atoms with Crippen LogP contribution in [-0.4, -0.2) is 16.4 Å². The van der Waals surface area contributed by atoms with E-state index in [0.29, 0.717) is 17.2 Å². The van der Waals surface area contributed by atoms with Crippen LogP contribution in [0, 0.1) is 11.3 Å². The van der Waals surface area contributed by atoms with E-state index in [-0.39, 0.29) is 0 Å². The molecule has 0 saturated carbocycles. The molecule has 0 aliphatic heterocycles. The summed E-state index contributed by atoms with van der Waals surface area (Å²) in [4.78, 5) is 4.36. The number of aromatic nitrogens is 2. The Balaban J connectivity index is 1.78. The third kappa shape index (κ3) is 4.62. The minimum absolute atomic E-state index is 0.372. The number of hydrogen-bond acceptors (Lipinski definition) is 4. The van der Waals surface area contributed by atoms with E-state index >= 15 is 0 Å².